The topological polar surface area (TPSA) is 29.1 Å². The molecule has 1 aliphatic rings. The number of carbonyl (C=O) groups excluding carboxylic acids is 1. The molecule has 0 aromatic carbocycles. The van der Waals surface area contributed by atoms with E-state index in [0.29, 0.717) is 0 Å². The van der Waals surface area contributed by atoms with Crippen LogP contribution in [0.25, 0.3) is 0 Å². The Morgan fingerprint density at radius 1 is 1.42 bits per heavy atom. The second kappa shape index (κ2) is 6.40. The first-order chi connectivity index (χ1) is 9.08. The fourth-order valence-electron chi connectivity index (χ4n) is 2.33. The zero-order valence-electron chi connectivity index (χ0n) is 11.7. The van der Waals surface area contributed by atoms with Gasteiger partial charge in [-0.25, -0.2) is 0 Å². The molecule has 2 rings (SSSR count). The lowest BCUT2D eigenvalue weighted by Gasteiger charge is -2.26. The predicted octanol–water partition coefficient (Wildman–Crippen LogP) is 4.31. The van der Waals surface area contributed by atoms with E-state index in [9.17, 15) is 4.79 Å². The zero-order valence-corrected chi connectivity index (χ0v) is 14.1. The SMILES string of the molecule is CCC(C)(CBr)NC(=O)c1cc2c(s1)CCCCC2. The quantitative estimate of drug-likeness (QED) is 0.640. The van der Waals surface area contributed by atoms with Crippen LogP contribution in [0.15, 0.2) is 6.07 Å². The van der Waals surface area contributed by atoms with E-state index < -0.39 is 0 Å². The molecule has 1 aromatic rings. The number of amides is 1. The van der Waals surface area contributed by atoms with Gasteiger partial charge in [-0.2, -0.15) is 0 Å². The number of thiophene rings is 1. The Balaban J connectivity index is 2.12. The summed E-state index contributed by atoms with van der Waals surface area (Å²) >= 11 is 5.18. The van der Waals surface area contributed by atoms with Gasteiger partial charge in [-0.1, -0.05) is 29.3 Å². The van der Waals surface area contributed by atoms with Gasteiger partial charge in [0.1, 0.15) is 0 Å². The van der Waals surface area contributed by atoms with Crippen LogP contribution in [0.2, 0.25) is 0 Å². The number of carbonyl (C=O) groups is 1. The van der Waals surface area contributed by atoms with Gasteiger partial charge in [0.05, 0.1) is 4.88 Å². The highest BCUT2D eigenvalue weighted by molar-refractivity contribution is 9.09. The van der Waals surface area contributed by atoms with Crippen LogP contribution in [0, 0.1) is 0 Å². The second-order valence-electron chi connectivity index (χ2n) is 5.62. The van der Waals surface area contributed by atoms with E-state index in [4.69, 9.17) is 0 Å². The van der Waals surface area contributed by atoms with Crippen LogP contribution < -0.4 is 5.32 Å². The zero-order chi connectivity index (χ0) is 13.9. The van der Waals surface area contributed by atoms with Gasteiger partial charge in [-0.3, -0.25) is 4.79 Å². The number of halogens is 1. The molecule has 0 fully saturated rings. The molecule has 1 atom stereocenters. The molecule has 1 aromatic heterocycles. The van der Waals surface area contributed by atoms with Crippen LogP contribution >= 0.6 is 27.3 Å². The smallest absolute Gasteiger partial charge is 0.261 e. The van der Waals surface area contributed by atoms with E-state index in [2.05, 4.69) is 41.2 Å². The first-order valence-electron chi connectivity index (χ1n) is 7.08. The first-order valence-corrected chi connectivity index (χ1v) is 9.02. The van der Waals surface area contributed by atoms with Crippen molar-refractivity contribution in [3.63, 3.8) is 0 Å². The lowest BCUT2D eigenvalue weighted by atomic mass is 10.0. The molecule has 1 aliphatic carbocycles. The second-order valence-corrected chi connectivity index (χ2v) is 7.32. The van der Waals surface area contributed by atoms with Crippen LogP contribution in [0.5, 0.6) is 0 Å². The number of hydrogen-bond donors (Lipinski definition) is 1. The predicted molar refractivity (Wildman–Crippen MR) is 85.5 cm³/mol. The summed E-state index contributed by atoms with van der Waals surface area (Å²) in [6, 6.07) is 2.12. The molecule has 0 radical (unpaired) electrons. The average Bonchev–Trinajstić information content (AvgIpc) is 2.70. The van der Waals surface area contributed by atoms with E-state index in [1.807, 2.05) is 0 Å². The number of alkyl halides is 1. The van der Waals surface area contributed by atoms with Crippen molar-refractivity contribution in [3.05, 3.63) is 21.4 Å². The number of hydrogen-bond acceptors (Lipinski definition) is 2. The average molecular weight is 344 g/mol. The monoisotopic (exact) mass is 343 g/mol. The van der Waals surface area contributed by atoms with Crippen molar-refractivity contribution in [1.29, 1.82) is 0 Å². The summed E-state index contributed by atoms with van der Waals surface area (Å²) in [6.45, 7) is 4.18. The van der Waals surface area contributed by atoms with Crippen molar-refractivity contribution in [3.8, 4) is 0 Å². The maximum Gasteiger partial charge on any atom is 0.261 e. The highest BCUT2D eigenvalue weighted by atomic mass is 79.9. The van der Waals surface area contributed by atoms with Gasteiger partial charge in [0.25, 0.3) is 5.91 Å². The van der Waals surface area contributed by atoms with Crippen molar-refractivity contribution in [2.45, 2.75) is 57.9 Å². The maximum atomic E-state index is 12.4. The Morgan fingerprint density at radius 3 is 2.84 bits per heavy atom. The standard InChI is InChI=1S/C15H22BrNOS/c1-3-15(2,10-16)17-14(18)13-9-11-7-5-4-6-8-12(11)19-13/h9H,3-8,10H2,1-2H3,(H,17,18). The van der Waals surface area contributed by atoms with Gasteiger partial charge in [0.15, 0.2) is 0 Å². The van der Waals surface area contributed by atoms with Crippen molar-refractivity contribution in [2.24, 2.45) is 0 Å². The molecule has 0 bridgehead atoms. The molecule has 106 valence electrons. The van der Waals surface area contributed by atoms with E-state index in [1.54, 1.807) is 11.3 Å². The molecule has 0 spiro atoms. The van der Waals surface area contributed by atoms with E-state index >= 15 is 0 Å². The van der Waals surface area contributed by atoms with E-state index in [1.165, 1.54) is 29.7 Å². The molecule has 2 nitrogen and oxygen atoms in total. The molecule has 0 saturated heterocycles. The van der Waals surface area contributed by atoms with Gasteiger partial charge in [-0.15, -0.1) is 11.3 Å². The Morgan fingerprint density at radius 2 is 2.16 bits per heavy atom. The Labute approximate surface area is 128 Å². The van der Waals surface area contributed by atoms with Crippen molar-refractivity contribution in [1.82, 2.24) is 5.32 Å². The van der Waals surface area contributed by atoms with Crippen LogP contribution in [0.4, 0.5) is 0 Å². The first kappa shape index (κ1) is 15.0. The molecule has 0 aliphatic heterocycles. The summed E-state index contributed by atoms with van der Waals surface area (Å²) in [6.07, 6.45) is 7.07. The fraction of sp³-hybridized carbons (Fsp3) is 0.667. The summed E-state index contributed by atoms with van der Waals surface area (Å²) in [5.74, 6) is 0.0851. The van der Waals surface area contributed by atoms with Gasteiger partial charge >= 0.3 is 0 Å². The molecular weight excluding hydrogens is 322 g/mol. The normalized spacial score (nSPS) is 18.3. The maximum absolute atomic E-state index is 12.4. The highest BCUT2D eigenvalue weighted by Crippen LogP contribution is 2.29. The molecule has 0 saturated carbocycles. The summed E-state index contributed by atoms with van der Waals surface area (Å²) < 4.78 is 0. The van der Waals surface area contributed by atoms with Gasteiger partial charge in [0.2, 0.25) is 0 Å². The van der Waals surface area contributed by atoms with Crippen molar-refractivity contribution in [2.75, 3.05) is 5.33 Å². The summed E-state index contributed by atoms with van der Waals surface area (Å²) in [5.41, 5.74) is 1.25. The largest absolute Gasteiger partial charge is 0.345 e. The third kappa shape index (κ3) is 3.60. The van der Waals surface area contributed by atoms with Crippen LogP contribution in [-0.2, 0) is 12.8 Å². The molecule has 4 heteroatoms. The highest BCUT2D eigenvalue weighted by Gasteiger charge is 2.25. The number of nitrogens with one attached hydrogen (secondary N) is 1. The lowest BCUT2D eigenvalue weighted by Crippen LogP contribution is -2.46. The van der Waals surface area contributed by atoms with Crippen LogP contribution in [-0.4, -0.2) is 16.8 Å². The molecule has 1 amide bonds. The van der Waals surface area contributed by atoms with Crippen molar-refractivity contribution < 1.29 is 4.79 Å². The number of fused-ring (bicyclic) bond motifs is 1. The molecule has 1 N–H and O–H groups in total. The van der Waals surface area contributed by atoms with E-state index in [-0.39, 0.29) is 11.4 Å². The van der Waals surface area contributed by atoms with E-state index in [0.717, 1.165) is 29.5 Å². The Kier molecular flexibility index (Phi) is 5.07. The molecule has 1 heterocycles. The molecule has 1 unspecified atom stereocenters. The minimum absolute atomic E-state index is 0.0851. The summed E-state index contributed by atoms with van der Waals surface area (Å²) in [7, 11) is 0. The summed E-state index contributed by atoms with van der Waals surface area (Å²) in [5, 5.41) is 3.94. The Hall–Kier alpha value is -0.350. The van der Waals surface area contributed by atoms with Gasteiger partial charge in [0, 0.05) is 15.7 Å². The Bertz CT molecular complexity index is 427. The lowest BCUT2D eigenvalue weighted by molar-refractivity contribution is 0.0917. The van der Waals surface area contributed by atoms with Crippen molar-refractivity contribution >= 4 is 33.2 Å². The van der Waals surface area contributed by atoms with Crippen LogP contribution in [0.1, 0.15) is 59.6 Å². The molecular formula is C15H22BrNOS. The minimum atomic E-state index is -0.154. The summed E-state index contributed by atoms with van der Waals surface area (Å²) in [4.78, 5) is 14.7. The van der Waals surface area contributed by atoms with Gasteiger partial charge < -0.3 is 5.32 Å². The minimum Gasteiger partial charge on any atom is -0.345 e. The number of rotatable bonds is 4. The number of aryl methyl sites for hydroxylation is 2. The fourth-order valence-corrected chi connectivity index (χ4v) is 4.02. The van der Waals surface area contributed by atoms with Gasteiger partial charge in [-0.05, 0) is 50.7 Å². The molecule has 19 heavy (non-hydrogen) atoms. The third-order valence-electron chi connectivity index (χ3n) is 3.96. The third-order valence-corrected chi connectivity index (χ3v) is 6.43. The van der Waals surface area contributed by atoms with Crippen LogP contribution in [0.3, 0.4) is 0 Å².